The third-order valence-electron chi connectivity index (χ3n) is 11.6. The van der Waals surface area contributed by atoms with Crippen molar-refractivity contribution < 1.29 is 38.2 Å². The normalized spacial score (nSPS) is 20.5. The molecule has 62 heavy (non-hydrogen) atoms. The zero-order valence-electron chi connectivity index (χ0n) is 34.4. The molecule has 0 bridgehead atoms. The maximum Gasteiger partial charge on any atom is 0.270 e. The number of carbonyl (C=O) groups is 6. The first-order chi connectivity index (χ1) is 30.1. The number of nitrogens with one attached hydrogen (secondary N) is 5. The van der Waals surface area contributed by atoms with E-state index in [9.17, 15) is 28.8 Å². The monoisotopic (exact) mass is 850 g/mol. The Morgan fingerprint density at radius 2 is 1.68 bits per heavy atom. The van der Waals surface area contributed by atoms with Crippen LogP contribution in [0.4, 0.5) is 11.5 Å². The van der Waals surface area contributed by atoms with Crippen LogP contribution in [0.1, 0.15) is 81.5 Å². The average Bonchev–Trinajstić information content (AvgIpc) is 3.79. The second-order valence-electron chi connectivity index (χ2n) is 15.9. The molecule has 0 radical (unpaired) electrons. The number of hydrogen-bond acceptors (Lipinski definition) is 15. The van der Waals surface area contributed by atoms with E-state index in [0.717, 1.165) is 72.9 Å². The number of nitrogens with zero attached hydrogens (tertiary/aromatic N) is 7. The number of aryl methyl sites for hydroxylation is 1. The Kier molecular flexibility index (Phi) is 13.1. The molecule has 3 aromatic heterocycles. The number of amides is 6. The maximum absolute atomic E-state index is 13.2. The van der Waals surface area contributed by atoms with Gasteiger partial charge in [-0.05, 0) is 63.3 Å². The van der Waals surface area contributed by atoms with Crippen LogP contribution in [0.25, 0.3) is 11.2 Å². The van der Waals surface area contributed by atoms with Crippen molar-refractivity contribution in [2.75, 3.05) is 69.8 Å². The fourth-order valence-corrected chi connectivity index (χ4v) is 8.26. The summed E-state index contributed by atoms with van der Waals surface area (Å²) in [6.07, 6.45) is 6.96. The van der Waals surface area contributed by atoms with Gasteiger partial charge in [0.05, 0.1) is 50.4 Å². The number of hydrogen-bond donors (Lipinski definition) is 5. The van der Waals surface area contributed by atoms with E-state index in [0.29, 0.717) is 31.2 Å². The number of rotatable bonds is 18. The van der Waals surface area contributed by atoms with Crippen LogP contribution in [0.15, 0.2) is 49.1 Å². The summed E-state index contributed by atoms with van der Waals surface area (Å²) in [6.45, 7) is 6.30. The summed E-state index contributed by atoms with van der Waals surface area (Å²) in [7, 11) is 0. The smallest absolute Gasteiger partial charge is 0.270 e. The van der Waals surface area contributed by atoms with Crippen LogP contribution in [-0.4, -0.2) is 147 Å². The third-order valence-corrected chi connectivity index (χ3v) is 11.6. The summed E-state index contributed by atoms with van der Waals surface area (Å²) < 4.78 is 13.5. The molecule has 3 aliphatic heterocycles. The largest absolute Gasteiger partial charge is 0.378 e. The lowest BCUT2D eigenvalue weighted by atomic mass is 9.86. The van der Waals surface area contributed by atoms with Gasteiger partial charge in [0.25, 0.3) is 17.7 Å². The molecule has 20 heteroatoms. The van der Waals surface area contributed by atoms with Crippen LogP contribution in [0.2, 0.25) is 0 Å². The number of aromatic nitrogens is 5. The lowest BCUT2D eigenvalue weighted by Gasteiger charge is -2.36. The van der Waals surface area contributed by atoms with Gasteiger partial charge in [-0.1, -0.05) is 12.1 Å². The van der Waals surface area contributed by atoms with Gasteiger partial charge in [0.1, 0.15) is 23.6 Å². The van der Waals surface area contributed by atoms with Crippen molar-refractivity contribution in [1.29, 1.82) is 0 Å². The number of imide groups is 2. The Bertz CT molecular complexity index is 2340. The van der Waals surface area contributed by atoms with Crippen molar-refractivity contribution >= 4 is 58.1 Å². The van der Waals surface area contributed by atoms with Crippen LogP contribution in [-0.2, 0) is 23.9 Å². The third kappa shape index (κ3) is 9.56. The molecule has 8 rings (SSSR count). The summed E-state index contributed by atoms with van der Waals surface area (Å²) in [5, 5.41) is 14.5. The van der Waals surface area contributed by atoms with E-state index in [4.69, 9.17) is 9.47 Å². The summed E-state index contributed by atoms with van der Waals surface area (Å²) >= 11 is 0. The first kappa shape index (κ1) is 42.3. The van der Waals surface area contributed by atoms with E-state index < -0.39 is 29.7 Å². The van der Waals surface area contributed by atoms with E-state index in [2.05, 4.69) is 56.0 Å². The molecule has 4 aromatic rings. The molecule has 6 amide bonds. The Labute approximate surface area is 356 Å². The number of pyridine rings is 1. The number of carbonyl (C=O) groups excluding carboxylic acids is 6. The van der Waals surface area contributed by atoms with Crippen molar-refractivity contribution in [2.45, 2.75) is 69.6 Å². The minimum atomic E-state index is -1.07. The van der Waals surface area contributed by atoms with E-state index in [1.807, 2.05) is 25.4 Å². The number of likely N-dealkylation sites (tertiary alicyclic amines) is 1. The number of piperidine rings is 2. The van der Waals surface area contributed by atoms with Gasteiger partial charge in [0.15, 0.2) is 11.5 Å². The fraction of sp³-hybridized carbons (Fsp3) is 0.476. The first-order valence-electron chi connectivity index (χ1n) is 21.0. The molecule has 1 atom stereocenters. The number of anilines is 2. The van der Waals surface area contributed by atoms with E-state index in [1.165, 1.54) is 6.07 Å². The van der Waals surface area contributed by atoms with Crippen molar-refractivity contribution in [1.82, 2.24) is 50.3 Å². The molecule has 5 N–H and O–H groups in total. The Morgan fingerprint density at radius 1 is 0.887 bits per heavy atom. The topological polar surface area (TPSA) is 244 Å². The van der Waals surface area contributed by atoms with E-state index in [-0.39, 0.29) is 73.6 Å². The predicted molar refractivity (Wildman–Crippen MR) is 223 cm³/mol. The standard InChI is InChI=1S/C42H50N12O8/c1-25-4-2-7-31(48-25)39(57)50-27-20-28(21-27)53-24-47-36-37(45-23-46-38(36)53)49-26-10-13-52(14-11-26)15-17-62-19-18-61-16-12-43-34(56)22-44-30-6-3-5-29-35(30)42(60)54(41(29)59)32-8-9-33(55)51-40(32)58/h2-7,23-24,26-28,32,44H,8-22H2,1H3,(H,43,56)(H,50,57)(H,45,46,49)(H,51,55,58). The van der Waals surface area contributed by atoms with Gasteiger partial charge < -0.3 is 40.2 Å². The lowest BCUT2D eigenvalue weighted by molar-refractivity contribution is -0.136. The van der Waals surface area contributed by atoms with Gasteiger partial charge in [0, 0.05) is 62.1 Å². The molecule has 20 nitrogen and oxygen atoms in total. The molecule has 4 aliphatic rings. The molecule has 1 aromatic carbocycles. The van der Waals surface area contributed by atoms with Crippen molar-refractivity contribution in [3.8, 4) is 0 Å². The van der Waals surface area contributed by atoms with Crippen LogP contribution >= 0.6 is 0 Å². The molecule has 1 saturated carbocycles. The lowest BCUT2D eigenvalue weighted by Crippen LogP contribution is -2.54. The highest BCUT2D eigenvalue weighted by molar-refractivity contribution is 6.25. The van der Waals surface area contributed by atoms with Gasteiger partial charge in [0.2, 0.25) is 17.7 Å². The number of fused-ring (bicyclic) bond motifs is 2. The van der Waals surface area contributed by atoms with Crippen molar-refractivity contribution in [3.05, 3.63) is 71.6 Å². The molecule has 3 fully saturated rings. The molecule has 2 saturated heterocycles. The second-order valence-corrected chi connectivity index (χ2v) is 15.9. The molecule has 326 valence electrons. The number of imidazole rings is 1. The van der Waals surface area contributed by atoms with Gasteiger partial charge >= 0.3 is 0 Å². The van der Waals surface area contributed by atoms with E-state index in [1.54, 1.807) is 24.5 Å². The first-order valence-corrected chi connectivity index (χ1v) is 21.0. The number of ether oxygens (including phenoxy) is 2. The molecular formula is C42H50N12O8. The summed E-state index contributed by atoms with van der Waals surface area (Å²) in [5.41, 5.74) is 3.28. The Hall–Kier alpha value is -6.38. The van der Waals surface area contributed by atoms with Crippen LogP contribution in [0.3, 0.4) is 0 Å². The Morgan fingerprint density at radius 3 is 2.47 bits per heavy atom. The summed E-state index contributed by atoms with van der Waals surface area (Å²) in [4.78, 5) is 96.7. The highest BCUT2D eigenvalue weighted by Crippen LogP contribution is 2.36. The molecule has 1 aliphatic carbocycles. The molecule has 6 heterocycles. The average molecular weight is 851 g/mol. The van der Waals surface area contributed by atoms with Gasteiger partial charge in [-0.25, -0.2) is 19.9 Å². The fourth-order valence-electron chi connectivity index (χ4n) is 8.26. The minimum Gasteiger partial charge on any atom is -0.378 e. The van der Waals surface area contributed by atoms with Crippen molar-refractivity contribution in [2.24, 2.45) is 0 Å². The molecule has 0 spiro atoms. The zero-order chi connectivity index (χ0) is 43.2. The van der Waals surface area contributed by atoms with E-state index >= 15 is 0 Å². The molecule has 1 unspecified atom stereocenters. The zero-order valence-corrected chi connectivity index (χ0v) is 34.4. The summed E-state index contributed by atoms with van der Waals surface area (Å²) in [5.74, 6) is -2.15. The van der Waals surface area contributed by atoms with Gasteiger partial charge in [-0.3, -0.25) is 39.0 Å². The highest BCUT2D eigenvalue weighted by Gasteiger charge is 2.45. The van der Waals surface area contributed by atoms with Crippen LogP contribution < -0.4 is 26.6 Å². The SMILES string of the molecule is Cc1cccc(C(=O)NC2CC(n3cnc4c(NC5CCN(CCOCCOCCNC(=O)CNc6cccc7c6C(=O)N(C6CCC(=O)NC6=O)C7=O)CC5)ncnc43)C2)n1. The van der Waals surface area contributed by atoms with Crippen molar-refractivity contribution in [3.63, 3.8) is 0 Å². The molecular weight excluding hydrogens is 801 g/mol. The minimum absolute atomic E-state index is 0.0273. The number of benzene rings is 1. The highest BCUT2D eigenvalue weighted by atomic mass is 16.5. The quantitative estimate of drug-likeness (QED) is 0.0698. The Balaban J connectivity index is 0.671. The predicted octanol–water partition coefficient (Wildman–Crippen LogP) is 1.20. The van der Waals surface area contributed by atoms with Crippen LogP contribution in [0.5, 0.6) is 0 Å². The maximum atomic E-state index is 13.2. The second kappa shape index (κ2) is 19.1. The van der Waals surface area contributed by atoms with Crippen LogP contribution in [0, 0.1) is 6.92 Å². The van der Waals surface area contributed by atoms with Gasteiger partial charge in [-0.2, -0.15) is 0 Å². The van der Waals surface area contributed by atoms with Gasteiger partial charge in [-0.15, -0.1) is 0 Å². The summed E-state index contributed by atoms with van der Waals surface area (Å²) in [6, 6.07) is 9.55.